The van der Waals surface area contributed by atoms with Gasteiger partial charge >= 0.3 is 0 Å². The molecule has 0 aliphatic rings. The van der Waals surface area contributed by atoms with E-state index in [1.54, 1.807) is 6.08 Å². The first-order valence-electron chi connectivity index (χ1n) is 7.78. The Hall–Kier alpha value is -3.12. The van der Waals surface area contributed by atoms with Crippen LogP contribution in [0.5, 0.6) is 0 Å². The third-order valence-corrected chi connectivity index (χ3v) is 3.74. The smallest absolute Gasteiger partial charge is 0.262 e. The topological polar surface area (TPSA) is 52.9 Å². The van der Waals surface area contributed by atoms with Gasteiger partial charge in [0.1, 0.15) is 11.6 Å². The lowest BCUT2D eigenvalue weighted by molar-refractivity contribution is -0.117. The van der Waals surface area contributed by atoms with E-state index in [2.05, 4.69) is 31.3 Å². The van der Waals surface area contributed by atoms with E-state index in [4.69, 9.17) is 5.26 Å². The summed E-state index contributed by atoms with van der Waals surface area (Å²) in [4.78, 5) is 12.1. The van der Waals surface area contributed by atoms with E-state index in [9.17, 15) is 4.79 Å². The zero-order chi connectivity index (χ0) is 17.4. The number of rotatable bonds is 5. The maximum absolute atomic E-state index is 12.1. The van der Waals surface area contributed by atoms with Gasteiger partial charge in [0.15, 0.2) is 0 Å². The fraction of sp³-hybridized carbons (Fsp3) is 0.143. The van der Waals surface area contributed by atoms with Crippen LogP contribution in [0.2, 0.25) is 0 Å². The lowest BCUT2D eigenvalue weighted by Gasteiger charge is -2.03. The van der Waals surface area contributed by atoms with Crippen molar-refractivity contribution in [2.24, 2.45) is 0 Å². The minimum absolute atomic E-state index is 0.0889. The first-order chi connectivity index (χ1) is 11.6. The van der Waals surface area contributed by atoms with Gasteiger partial charge in [-0.2, -0.15) is 5.26 Å². The van der Waals surface area contributed by atoms with Crippen molar-refractivity contribution in [2.75, 3.05) is 0 Å². The Morgan fingerprint density at radius 1 is 1.12 bits per heavy atom. The highest BCUT2D eigenvalue weighted by molar-refractivity contribution is 5.97. The molecule has 3 nitrogen and oxygen atoms in total. The Kier molecular flexibility index (Phi) is 6.10. The number of hydrogen-bond donors (Lipinski definition) is 1. The maximum atomic E-state index is 12.1. The molecule has 0 unspecified atom stereocenters. The molecule has 3 heteroatoms. The van der Waals surface area contributed by atoms with Crippen LogP contribution in [0.3, 0.4) is 0 Å². The van der Waals surface area contributed by atoms with Crippen molar-refractivity contribution in [3.8, 4) is 6.07 Å². The second kappa shape index (κ2) is 8.50. The second-order valence-corrected chi connectivity index (χ2v) is 5.56. The normalized spacial score (nSPS) is 11.3. The lowest BCUT2D eigenvalue weighted by Crippen LogP contribution is -2.23. The third-order valence-electron chi connectivity index (χ3n) is 3.74. The van der Waals surface area contributed by atoms with Gasteiger partial charge in [-0.05, 0) is 42.2 Å². The summed E-state index contributed by atoms with van der Waals surface area (Å²) in [5.74, 6) is -0.369. The van der Waals surface area contributed by atoms with Crippen LogP contribution in [0.1, 0.15) is 22.3 Å². The predicted octanol–water partition coefficient (Wildman–Crippen LogP) is 4.08. The Bertz CT molecular complexity index is 811. The highest BCUT2D eigenvalue weighted by Crippen LogP contribution is 2.11. The molecule has 0 spiro atoms. The standard InChI is InChI=1S/C21H20N2O/c1-16-11-12-18(13-17(16)2)9-6-10-20(14-22)21(24)23-15-19-7-4-3-5-8-19/h3-13H,15H2,1-2H3,(H,23,24)/b9-6+,20-10+. The molecule has 1 amide bonds. The van der Waals surface area contributed by atoms with Crippen molar-refractivity contribution in [1.82, 2.24) is 5.32 Å². The fourth-order valence-electron chi connectivity index (χ4n) is 2.16. The van der Waals surface area contributed by atoms with Gasteiger partial charge in [-0.15, -0.1) is 0 Å². The Labute approximate surface area is 142 Å². The van der Waals surface area contributed by atoms with Gasteiger partial charge in [0, 0.05) is 6.54 Å². The summed E-state index contributed by atoms with van der Waals surface area (Å²) in [5.41, 5.74) is 4.57. The van der Waals surface area contributed by atoms with Crippen molar-refractivity contribution in [1.29, 1.82) is 5.26 Å². The molecule has 0 heterocycles. The van der Waals surface area contributed by atoms with E-state index in [0.29, 0.717) is 6.54 Å². The minimum Gasteiger partial charge on any atom is -0.347 e. The highest BCUT2D eigenvalue weighted by atomic mass is 16.1. The van der Waals surface area contributed by atoms with Crippen molar-refractivity contribution >= 4 is 12.0 Å². The van der Waals surface area contributed by atoms with E-state index >= 15 is 0 Å². The van der Waals surface area contributed by atoms with Gasteiger partial charge in [0.25, 0.3) is 5.91 Å². The molecule has 0 fully saturated rings. The van der Waals surface area contributed by atoms with Crippen LogP contribution in [0, 0.1) is 25.2 Å². The SMILES string of the molecule is Cc1ccc(/C=C/C=C(\C#N)C(=O)NCc2ccccc2)cc1C. The molecule has 2 aromatic carbocycles. The summed E-state index contributed by atoms with van der Waals surface area (Å²) in [7, 11) is 0. The van der Waals surface area contributed by atoms with Crippen LogP contribution in [0.25, 0.3) is 6.08 Å². The molecular formula is C21H20N2O. The molecule has 2 rings (SSSR count). The molecule has 0 atom stereocenters. The van der Waals surface area contributed by atoms with Crippen LogP contribution >= 0.6 is 0 Å². The van der Waals surface area contributed by atoms with E-state index in [-0.39, 0.29) is 11.5 Å². The zero-order valence-electron chi connectivity index (χ0n) is 13.9. The largest absolute Gasteiger partial charge is 0.347 e. The van der Waals surface area contributed by atoms with E-state index < -0.39 is 0 Å². The zero-order valence-corrected chi connectivity index (χ0v) is 13.9. The highest BCUT2D eigenvalue weighted by Gasteiger charge is 2.06. The molecule has 2 aromatic rings. The van der Waals surface area contributed by atoms with Crippen LogP contribution < -0.4 is 5.32 Å². The number of nitriles is 1. The molecule has 24 heavy (non-hydrogen) atoms. The number of hydrogen-bond acceptors (Lipinski definition) is 2. The quantitative estimate of drug-likeness (QED) is 0.513. The van der Waals surface area contributed by atoms with Gasteiger partial charge in [-0.3, -0.25) is 4.79 Å². The van der Waals surface area contributed by atoms with Gasteiger partial charge in [0.2, 0.25) is 0 Å². The summed E-state index contributed by atoms with van der Waals surface area (Å²) >= 11 is 0. The number of carbonyl (C=O) groups excluding carboxylic acids is 1. The minimum atomic E-state index is -0.369. The Morgan fingerprint density at radius 2 is 1.88 bits per heavy atom. The van der Waals surface area contributed by atoms with Crippen molar-refractivity contribution in [3.05, 3.63) is 88.5 Å². The Balaban J connectivity index is 2.00. The van der Waals surface area contributed by atoms with Crippen molar-refractivity contribution in [2.45, 2.75) is 20.4 Å². The average Bonchev–Trinajstić information content (AvgIpc) is 2.60. The van der Waals surface area contributed by atoms with Gasteiger partial charge < -0.3 is 5.32 Å². The Morgan fingerprint density at radius 3 is 2.54 bits per heavy atom. The number of aryl methyl sites for hydroxylation is 2. The summed E-state index contributed by atoms with van der Waals surface area (Å²) in [6.07, 6.45) is 5.15. The molecule has 0 radical (unpaired) electrons. The lowest BCUT2D eigenvalue weighted by atomic mass is 10.1. The van der Waals surface area contributed by atoms with E-state index in [1.165, 1.54) is 17.2 Å². The maximum Gasteiger partial charge on any atom is 0.262 e. The number of carbonyl (C=O) groups is 1. The third kappa shape index (κ3) is 4.96. The van der Waals surface area contributed by atoms with Crippen LogP contribution in [-0.4, -0.2) is 5.91 Å². The average molecular weight is 316 g/mol. The summed E-state index contributed by atoms with van der Waals surface area (Å²) in [6.45, 7) is 4.52. The summed E-state index contributed by atoms with van der Waals surface area (Å²) in [5, 5.41) is 11.9. The number of allylic oxidation sites excluding steroid dienone is 2. The first-order valence-corrected chi connectivity index (χ1v) is 7.78. The molecule has 1 N–H and O–H groups in total. The van der Waals surface area contributed by atoms with E-state index in [1.807, 2.05) is 48.5 Å². The molecule has 0 bridgehead atoms. The van der Waals surface area contributed by atoms with Crippen LogP contribution in [-0.2, 0) is 11.3 Å². The molecule has 0 aliphatic carbocycles. The predicted molar refractivity (Wildman–Crippen MR) is 96.9 cm³/mol. The summed E-state index contributed by atoms with van der Waals surface area (Å²) in [6, 6.07) is 17.7. The number of benzene rings is 2. The molecule has 0 aliphatic heterocycles. The molecule has 0 saturated heterocycles. The van der Waals surface area contributed by atoms with Gasteiger partial charge in [-0.25, -0.2) is 0 Å². The number of nitrogens with zero attached hydrogens (tertiary/aromatic N) is 1. The molecule has 120 valence electrons. The fourth-order valence-corrected chi connectivity index (χ4v) is 2.16. The van der Waals surface area contributed by atoms with Crippen molar-refractivity contribution in [3.63, 3.8) is 0 Å². The van der Waals surface area contributed by atoms with E-state index in [0.717, 1.165) is 11.1 Å². The molecule has 0 saturated carbocycles. The second-order valence-electron chi connectivity index (χ2n) is 5.56. The van der Waals surface area contributed by atoms with Crippen LogP contribution in [0.4, 0.5) is 0 Å². The first kappa shape index (κ1) is 17.2. The monoisotopic (exact) mass is 316 g/mol. The van der Waals surface area contributed by atoms with Crippen LogP contribution in [0.15, 0.2) is 66.3 Å². The van der Waals surface area contributed by atoms with Gasteiger partial charge in [-0.1, -0.05) is 60.7 Å². The molecule has 0 aromatic heterocycles. The van der Waals surface area contributed by atoms with Gasteiger partial charge in [0.05, 0.1) is 0 Å². The molecular weight excluding hydrogens is 296 g/mol. The summed E-state index contributed by atoms with van der Waals surface area (Å²) < 4.78 is 0. The number of nitrogens with one attached hydrogen (secondary N) is 1. The number of amides is 1. The van der Waals surface area contributed by atoms with Crippen molar-refractivity contribution < 1.29 is 4.79 Å².